The average Bonchev–Trinajstić information content (AvgIpc) is 2.99. The molecule has 0 bridgehead atoms. The molecule has 1 heterocycles. The van der Waals surface area contributed by atoms with Crippen molar-refractivity contribution in [2.75, 3.05) is 12.3 Å². The molecule has 2 atom stereocenters. The van der Waals surface area contributed by atoms with Crippen LogP contribution in [0.15, 0.2) is 45.7 Å². The first-order valence-electron chi connectivity index (χ1n) is 7.40. The number of furan rings is 1. The van der Waals surface area contributed by atoms with Gasteiger partial charge in [-0.15, -0.1) is 0 Å². The molecule has 5 nitrogen and oxygen atoms in total. The summed E-state index contributed by atoms with van der Waals surface area (Å²) in [5, 5.41) is 13.1. The zero-order valence-electron chi connectivity index (χ0n) is 13.5. The lowest BCUT2D eigenvalue weighted by atomic mass is 10.0. The highest BCUT2D eigenvalue weighted by atomic mass is 32.2. The molecule has 0 aliphatic heterocycles. The Morgan fingerprint density at radius 1 is 1.30 bits per heavy atom. The van der Waals surface area contributed by atoms with Crippen LogP contribution in [0.5, 0.6) is 0 Å². The van der Waals surface area contributed by atoms with E-state index >= 15 is 0 Å². The van der Waals surface area contributed by atoms with Crippen LogP contribution in [0.2, 0.25) is 0 Å². The van der Waals surface area contributed by atoms with Gasteiger partial charge in [-0.1, -0.05) is 19.1 Å². The molecule has 0 aliphatic rings. The molecule has 0 saturated heterocycles. The molecule has 2 rings (SSSR count). The normalized spacial score (nSPS) is 15.0. The maximum Gasteiger partial charge on any atom is 0.252 e. The lowest BCUT2D eigenvalue weighted by Crippen LogP contribution is -2.38. The van der Waals surface area contributed by atoms with Gasteiger partial charge in [0.2, 0.25) is 0 Å². The number of benzene rings is 1. The second-order valence-corrected chi connectivity index (χ2v) is 7.21. The summed E-state index contributed by atoms with van der Waals surface area (Å²) in [6, 6.07) is 10.2. The molecule has 0 aliphatic carbocycles. The van der Waals surface area contributed by atoms with Crippen LogP contribution < -0.4 is 5.32 Å². The van der Waals surface area contributed by atoms with Gasteiger partial charge >= 0.3 is 0 Å². The second kappa shape index (κ2) is 7.10. The standard InChI is InChI=1S/C17H21NO4S/c1-4-23(21)14-8-6-5-7-13(14)16(19)18-11-17(3,20)15-10-9-12(2)22-15/h5-10,20H,4,11H2,1-3H3,(H,18,19). The molecule has 1 aromatic carbocycles. The molecule has 1 aromatic heterocycles. The van der Waals surface area contributed by atoms with Gasteiger partial charge in [0.15, 0.2) is 0 Å². The highest BCUT2D eigenvalue weighted by molar-refractivity contribution is 7.85. The quantitative estimate of drug-likeness (QED) is 0.849. The van der Waals surface area contributed by atoms with Gasteiger partial charge in [0, 0.05) is 5.75 Å². The molecule has 23 heavy (non-hydrogen) atoms. The smallest absolute Gasteiger partial charge is 0.252 e. The third-order valence-electron chi connectivity index (χ3n) is 3.50. The molecular weight excluding hydrogens is 314 g/mol. The lowest BCUT2D eigenvalue weighted by Gasteiger charge is -2.21. The van der Waals surface area contributed by atoms with Crippen molar-refractivity contribution in [3.05, 3.63) is 53.5 Å². The van der Waals surface area contributed by atoms with Crippen LogP contribution in [0.1, 0.15) is 35.7 Å². The summed E-state index contributed by atoms with van der Waals surface area (Å²) in [5.74, 6) is 1.15. The summed E-state index contributed by atoms with van der Waals surface area (Å²) in [6.07, 6.45) is 0. The fourth-order valence-electron chi connectivity index (χ4n) is 2.17. The Morgan fingerprint density at radius 2 is 2.00 bits per heavy atom. The minimum absolute atomic E-state index is 0.00805. The number of carbonyl (C=O) groups excluding carboxylic acids is 1. The van der Waals surface area contributed by atoms with Crippen molar-refractivity contribution in [1.82, 2.24) is 5.32 Å². The Morgan fingerprint density at radius 3 is 2.61 bits per heavy atom. The molecule has 2 unspecified atom stereocenters. The molecule has 1 amide bonds. The number of nitrogens with one attached hydrogen (secondary N) is 1. The first-order chi connectivity index (χ1) is 10.8. The summed E-state index contributed by atoms with van der Waals surface area (Å²) >= 11 is 0. The Hall–Kier alpha value is -1.92. The molecule has 6 heteroatoms. The molecular formula is C17H21NO4S. The van der Waals surface area contributed by atoms with E-state index in [1.807, 2.05) is 0 Å². The molecule has 2 N–H and O–H groups in total. The summed E-state index contributed by atoms with van der Waals surface area (Å²) in [6.45, 7) is 5.15. The van der Waals surface area contributed by atoms with E-state index < -0.39 is 16.4 Å². The second-order valence-electron chi connectivity index (χ2n) is 5.50. The van der Waals surface area contributed by atoms with Crippen molar-refractivity contribution < 1.29 is 18.5 Å². The van der Waals surface area contributed by atoms with E-state index in [1.165, 1.54) is 0 Å². The maximum atomic E-state index is 12.4. The van der Waals surface area contributed by atoms with Crippen LogP contribution in [0.25, 0.3) is 0 Å². The van der Waals surface area contributed by atoms with Gasteiger partial charge in [0.05, 0.1) is 27.8 Å². The summed E-state index contributed by atoms with van der Waals surface area (Å²) < 4.78 is 17.4. The first kappa shape index (κ1) is 17.4. The van der Waals surface area contributed by atoms with E-state index in [2.05, 4.69) is 5.32 Å². The Labute approximate surface area is 138 Å². The van der Waals surface area contributed by atoms with Crippen molar-refractivity contribution in [3.63, 3.8) is 0 Å². The minimum atomic E-state index is -1.32. The number of amides is 1. The minimum Gasteiger partial charge on any atom is -0.463 e. The molecule has 124 valence electrons. The topological polar surface area (TPSA) is 79.5 Å². The first-order valence-corrected chi connectivity index (χ1v) is 8.72. The highest BCUT2D eigenvalue weighted by Gasteiger charge is 2.28. The van der Waals surface area contributed by atoms with E-state index in [-0.39, 0.29) is 12.5 Å². The van der Waals surface area contributed by atoms with Gasteiger partial charge < -0.3 is 14.8 Å². The number of hydrogen-bond acceptors (Lipinski definition) is 4. The SMILES string of the molecule is CCS(=O)c1ccccc1C(=O)NCC(C)(O)c1ccc(C)o1. The van der Waals surface area contributed by atoms with Crippen molar-refractivity contribution in [2.45, 2.75) is 31.3 Å². The highest BCUT2D eigenvalue weighted by Crippen LogP contribution is 2.22. The fraction of sp³-hybridized carbons (Fsp3) is 0.353. The van der Waals surface area contributed by atoms with Crippen LogP contribution in [-0.2, 0) is 16.4 Å². The monoisotopic (exact) mass is 335 g/mol. The van der Waals surface area contributed by atoms with Crippen LogP contribution in [0.3, 0.4) is 0 Å². The maximum absolute atomic E-state index is 12.4. The van der Waals surface area contributed by atoms with Crippen molar-refractivity contribution in [3.8, 4) is 0 Å². The van der Waals surface area contributed by atoms with E-state index in [0.29, 0.717) is 27.7 Å². The van der Waals surface area contributed by atoms with Crippen molar-refractivity contribution in [1.29, 1.82) is 0 Å². The predicted molar refractivity (Wildman–Crippen MR) is 88.7 cm³/mol. The van der Waals surface area contributed by atoms with Gasteiger partial charge in [-0.05, 0) is 38.1 Å². The van der Waals surface area contributed by atoms with Gasteiger partial charge in [0.1, 0.15) is 17.1 Å². The summed E-state index contributed by atoms with van der Waals surface area (Å²) in [7, 11) is -1.22. The number of aliphatic hydroxyl groups is 1. The number of carbonyl (C=O) groups is 1. The van der Waals surface area contributed by atoms with Crippen LogP contribution in [0, 0.1) is 6.92 Å². The van der Waals surface area contributed by atoms with Gasteiger partial charge in [0.25, 0.3) is 5.91 Å². The van der Waals surface area contributed by atoms with E-state index in [1.54, 1.807) is 57.2 Å². The third-order valence-corrected chi connectivity index (χ3v) is 4.87. The number of hydrogen-bond donors (Lipinski definition) is 2. The predicted octanol–water partition coefficient (Wildman–Crippen LogP) is 2.35. The number of aryl methyl sites for hydroxylation is 1. The molecule has 0 fully saturated rings. The van der Waals surface area contributed by atoms with Crippen LogP contribution >= 0.6 is 0 Å². The number of rotatable bonds is 6. The largest absolute Gasteiger partial charge is 0.463 e. The van der Waals surface area contributed by atoms with Gasteiger partial charge in [-0.2, -0.15) is 0 Å². The third kappa shape index (κ3) is 4.09. The van der Waals surface area contributed by atoms with Crippen LogP contribution in [0.4, 0.5) is 0 Å². The van der Waals surface area contributed by atoms with E-state index in [4.69, 9.17) is 4.42 Å². The fourth-order valence-corrected chi connectivity index (χ4v) is 3.11. The van der Waals surface area contributed by atoms with E-state index in [9.17, 15) is 14.1 Å². The summed E-state index contributed by atoms with van der Waals surface area (Å²) in [4.78, 5) is 12.9. The molecule has 0 saturated carbocycles. The lowest BCUT2D eigenvalue weighted by molar-refractivity contribution is 0.0323. The Bertz CT molecular complexity index is 721. The zero-order chi connectivity index (χ0) is 17.0. The van der Waals surface area contributed by atoms with Crippen molar-refractivity contribution in [2.24, 2.45) is 0 Å². The van der Waals surface area contributed by atoms with Crippen LogP contribution in [-0.4, -0.2) is 27.5 Å². The zero-order valence-corrected chi connectivity index (χ0v) is 14.3. The van der Waals surface area contributed by atoms with Gasteiger partial charge in [-0.3, -0.25) is 9.00 Å². The Balaban J connectivity index is 2.13. The summed E-state index contributed by atoms with van der Waals surface area (Å²) in [5.41, 5.74) is -0.956. The van der Waals surface area contributed by atoms with E-state index in [0.717, 1.165) is 0 Å². The van der Waals surface area contributed by atoms with Gasteiger partial charge in [-0.25, -0.2) is 0 Å². The van der Waals surface area contributed by atoms with Crippen molar-refractivity contribution >= 4 is 16.7 Å². The molecule has 2 aromatic rings. The molecule has 0 spiro atoms. The Kier molecular flexibility index (Phi) is 5.38. The average molecular weight is 335 g/mol. The molecule has 0 radical (unpaired) electrons.